The molecule has 3 aromatic rings. The topological polar surface area (TPSA) is 33.5 Å². The number of benzene rings is 2. The molecule has 0 aliphatic rings. The smallest absolute Gasteiger partial charge is 0.294 e. The van der Waals surface area contributed by atoms with Gasteiger partial charge in [-0.25, -0.2) is 0 Å². The summed E-state index contributed by atoms with van der Waals surface area (Å²) < 4.78 is 5.85. The summed E-state index contributed by atoms with van der Waals surface area (Å²) in [5.41, 5.74) is 4.87. The highest BCUT2D eigenvalue weighted by molar-refractivity contribution is 6.07. The maximum Gasteiger partial charge on any atom is 0.294 e. The van der Waals surface area contributed by atoms with Crippen LogP contribution in [0.3, 0.4) is 0 Å². The minimum absolute atomic E-state index is 0.129. The SMILES string of the molecule is Cc1cc2oc(C(=O)N(C)c3ccccc3)c(C)c2cc1C. The molecule has 0 bridgehead atoms. The van der Waals surface area contributed by atoms with Gasteiger partial charge in [-0.1, -0.05) is 18.2 Å². The number of carbonyl (C=O) groups is 1. The highest BCUT2D eigenvalue weighted by Gasteiger charge is 2.22. The molecule has 0 fully saturated rings. The van der Waals surface area contributed by atoms with Crippen LogP contribution in [-0.2, 0) is 0 Å². The van der Waals surface area contributed by atoms with Gasteiger partial charge in [0.25, 0.3) is 5.91 Å². The van der Waals surface area contributed by atoms with E-state index in [1.54, 1.807) is 11.9 Å². The predicted octanol–water partition coefficient (Wildman–Crippen LogP) is 4.63. The second-order valence-electron chi connectivity index (χ2n) is 5.69. The quantitative estimate of drug-likeness (QED) is 0.690. The van der Waals surface area contributed by atoms with Crippen LogP contribution >= 0.6 is 0 Å². The third kappa shape index (κ3) is 2.29. The minimum Gasteiger partial charge on any atom is -0.451 e. The minimum atomic E-state index is -0.129. The van der Waals surface area contributed by atoms with Crippen LogP contribution in [0.1, 0.15) is 27.2 Å². The summed E-state index contributed by atoms with van der Waals surface area (Å²) >= 11 is 0. The molecule has 0 saturated carbocycles. The number of nitrogens with zero attached hydrogens (tertiary/aromatic N) is 1. The Morgan fingerprint density at radius 2 is 1.64 bits per heavy atom. The van der Waals surface area contributed by atoms with Gasteiger partial charge in [0.05, 0.1) is 0 Å². The van der Waals surface area contributed by atoms with Crippen molar-refractivity contribution in [2.75, 3.05) is 11.9 Å². The van der Waals surface area contributed by atoms with E-state index in [4.69, 9.17) is 4.42 Å². The molecule has 0 atom stereocenters. The van der Waals surface area contributed by atoms with Crippen LogP contribution in [0, 0.1) is 20.8 Å². The normalized spacial score (nSPS) is 10.9. The lowest BCUT2D eigenvalue weighted by Crippen LogP contribution is -2.26. The number of rotatable bonds is 2. The molecule has 0 aliphatic heterocycles. The summed E-state index contributed by atoms with van der Waals surface area (Å²) in [6.07, 6.45) is 0. The molecule has 0 unspecified atom stereocenters. The molecule has 0 saturated heterocycles. The first-order valence-electron chi connectivity index (χ1n) is 7.32. The first-order valence-corrected chi connectivity index (χ1v) is 7.32. The van der Waals surface area contributed by atoms with Crippen molar-refractivity contribution < 1.29 is 9.21 Å². The van der Waals surface area contributed by atoms with Crippen molar-refractivity contribution in [2.24, 2.45) is 0 Å². The molecule has 3 rings (SSSR count). The number of anilines is 1. The summed E-state index contributed by atoms with van der Waals surface area (Å²) in [6, 6.07) is 13.7. The fraction of sp³-hybridized carbons (Fsp3) is 0.211. The molecule has 1 amide bonds. The molecular formula is C19H19NO2. The van der Waals surface area contributed by atoms with E-state index in [1.807, 2.05) is 50.2 Å². The van der Waals surface area contributed by atoms with Crippen molar-refractivity contribution in [3.8, 4) is 0 Å². The molecule has 112 valence electrons. The van der Waals surface area contributed by atoms with Gasteiger partial charge in [0.15, 0.2) is 5.76 Å². The van der Waals surface area contributed by atoms with Gasteiger partial charge in [-0.15, -0.1) is 0 Å². The van der Waals surface area contributed by atoms with Gasteiger partial charge in [-0.2, -0.15) is 0 Å². The molecule has 0 N–H and O–H groups in total. The molecule has 22 heavy (non-hydrogen) atoms. The van der Waals surface area contributed by atoms with Crippen LogP contribution in [0.15, 0.2) is 46.9 Å². The molecule has 3 nitrogen and oxygen atoms in total. The second kappa shape index (κ2) is 5.34. The summed E-state index contributed by atoms with van der Waals surface area (Å²) in [6.45, 7) is 6.05. The summed E-state index contributed by atoms with van der Waals surface area (Å²) in [7, 11) is 1.76. The third-order valence-corrected chi connectivity index (χ3v) is 4.19. The van der Waals surface area contributed by atoms with Crippen LogP contribution in [0.4, 0.5) is 5.69 Å². The van der Waals surface area contributed by atoms with Crippen molar-refractivity contribution in [1.82, 2.24) is 0 Å². The van der Waals surface area contributed by atoms with Gasteiger partial charge in [0.1, 0.15) is 5.58 Å². The predicted molar refractivity (Wildman–Crippen MR) is 89.6 cm³/mol. The lowest BCUT2D eigenvalue weighted by Gasteiger charge is -2.16. The van der Waals surface area contributed by atoms with E-state index in [0.717, 1.165) is 27.8 Å². The van der Waals surface area contributed by atoms with Gasteiger partial charge in [0, 0.05) is 23.7 Å². The standard InChI is InChI=1S/C19H19NO2/c1-12-10-16-14(3)18(22-17(16)11-13(12)2)19(21)20(4)15-8-6-5-7-9-15/h5-11H,1-4H3. The Morgan fingerprint density at radius 1 is 1.00 bits per heavy atom. The summed E-state index contributed by atoms with van der Waals surface area (Å²) in [4.78, 5) is 14.4. The molecule has 0 aliphatic carbocycles. The van der Waals surface area contributed by atoms with E-state index < -0.39 is 0 Å². The number of hydrogen-bond acceptors (Lipinski definition) is 2. The zero-order chi connectivity index (χ0) is 15.9. The van der Waals surface area contributed by atoms with Crippen molar-refractivity contribution >= 4 is 22.6 Å². The van der Waals surface area contributed by atoms with Crippen LogP contribution in [0.25, 0.3) is 11.0 Å². The second-order valence-corrected chi connectivity index (χ2v) is 5.69. The number of carbonyl (C=O) groups excluding carboxylic acids is 1. The molecule has 3 heteroatoms. The number of amides is 1. The van der Waals surface area contributed by atoms with Gasteiger partial charge in [-0.3, -0.25) is 4.79 Å². The monoisotopic (exact) mass is 293 g/mol. The maximum atomic E-state index is 12.7. The van der Waals surface area contributed by atoms with Crippen molar-refractivity contribution in [1.29, 1.82) is 0 Å². The Bertz CT molecular complexity index is 847. The van der Waals surface area contributed by atoms with E-state index in [9.17, 15) is 4.79 Å². The summed E-state index contributed by atoms with van der Waals surface area (Å²) in [5.74, 6) is 0.279. The van der Waals surface area contributed by atoms with E-state index in [2.05, 4.69) is 13.0 Å². The first kappa shape index (κ1) is 14.4. The van der Waals surface area contributed by atoms with Gasteiger partial charge in [-0.05, 0) is 56.2 Å². The average molecular weight is 293 g/mol. The number of para-hydroxylation sites is 1. The average Bonchev–Trinajstić information content (AvgIpc) is 2.84. The maximum absolute atomic E-state index is 12.7. The van der Waals surface area contributed by atoms with Crippen LogP contribution in [0.5, 0.6) is 0 Å². The zero-order valence-electron chi connectivity index (χ0n) is 13.3. The van der Waals surface area contributed by atoms with Crippen molar-refractivity contribution in [2.45, 2.75) is 20.8 Å². The van der Waals surface area contributed by atoms with E-state index in [0.29, 0.717) is 5.76 Å². The summed E-state index contributed by atoms with van der Waals surface area (Å²) in [5, 5.41) is 1.01. The molecule has 1 aromatic heterocycles. The zero-order valence-corrected chi connectivity index (χ0v) is 13.3. The number of fused-ring (bicyclic) bond motifs is 1. The molecule has 0 spiro atoms. The van der Waals surface area contributed by atoms with E-state index >= 15 is 0 Å². The Morgan fingerprint density at radius 3 is 2.32 bits per heavy atom. The number of hydrogen-bond donors (Lipinski definition) is 0. The van der Waals surface area contributed by atoms with Crippen molar-refractivity contribution in [3.05, 3.63) is 64.9 Å². The lowest BCUT2D eigenvalue weighted by atomic mass is 10.0. The Labute approximate surface area is 130 Å². The van der Waals surface area contributed by atoms with Gasteiger partial charge >= 0.3 is 0 Å². The fourth-order valence-corrected chi connectivity index (χ4v) is 2.60. The highest BCUT2D eigenvalue weighted by Crippen LogP contribution is 2.29. The number of aryl methyl sites for hydroxylation is 3. The van der Waals surface area contributed by atoms with Crippen LogP contribution in [0.2, 0.25) is 0 Å². The Hall–Kier alpha value is -2.55. The van der Waals surface area contributed by atoms with E-state index in [1.165, 1.54) is 5.56 Å². The molecule has 1 heterocycles. The third-order valence-electron chi connectivity index (χ3n) is 4.19. The van der Waals surface area contributed by atoms with Crippen LogP contribution in [-0.4, -0.2) is 13.0 Å². The molecular weight excluding hydrogens is 274 g/mol. The molecule has 2 aromatic carbocycles. The Balaban J connectivity index is 2.06. The lowest BCUT2D eigenvalue weighted by molar-refractivity contribution is 0.0968. The molecule has 0 radical (unpaired) electrons. The fourth-order valence-electron chi connectivity index (χ4n) is 2.60. The largest absolute Gasteiger partial charge is 0.451 e. The van der Waals surface area contributed by atoms with E-state index in [-0.39, 0.29) is 5.91 Å². The first-order chi connectivity index (χ1) is 10.5. The Kier molecular flexibility index (Phi) is 3.49. The van der Waals surface area contributed by atoms with Crippen LogP contribution < -0.4 is 4.90 Å². The van der Waals surface area contributed by atoms with Gasteiger partial charge in [0.2, 0.25) is 0 Å². The number of furan rings is 1. The highest BCUT2D eigenvalue weighted by atomic mass is 16.3. The van der Waals surface area contributed by atoms with Gasteiger partial charge < -0.3 is 9.32 Å². The van der Waals surface area contributed by atoms with Crippen molar-refractivity contribution in [3.63, 3.8) is 0 Å².